The van der Waals surface area contributed by atoms with Crippen molar-refractivity contribution in [3.8, 4) is 0 Å². The molecule has 2 N–H and O–H groups in total. The number of hydrogen-bond acceptors (Lipinski definition) is 2. The van der Waals surface area contributed by atoms with Gasteiger partial charge in [-0.25, -0.2) is 4.79 Å². The number of carboxylic acid groups (broad SMARTS) is 1. The van der Waals surface area contributed by atoms with E-state index in [0.717, 1.165) is 10.8 Å². The largest absolute Gasteiger partial charge is 0.479 e. The zero-order chi connectivity index (χ0) is 13.1. The van der Waals surface area contributed by atoms with Crippen LogP contribution in [0, 0.1) is 0 Å². The summed E-state index contributed by atoms with van der Waals surface area (Å²) in [5.41, 5.74) is 0.566. The highest BCUT2D eigenvalue weighted by Gasteiger charge is 2.20. The van der Waals surface area contributed by atoms with Crippen molar-refractivity contribution >= 4 is 22.6 Å². The van der Waals surface area contributed by atoms with Crippen LogP contribution < -0.4 is 5.32 Å². The molecule has 0 saturated heterocycles. The first-order valence-corrected chi connectivity index (χ1v) is 5.56. The molecule has 0 bridgehead atoms. The second-order valence-corrected chi connectivity index (χ2v) is 4.08. The van der Waals surface area contributed by atoms with Gasteiger partial charge in [-0.15, -0.1) is 0 Å². The van der Waals surface area contributed by atoms with Crippen molar-refractivity contribution in [1.82, 2.24) is 5.32 Å². The van der Waals surface area contributed by atoms with Gasteiger partial charge in [0, 0.05) is 6.92 Å². The Morgan fingerprint density at radius 2 is 1.78 bits per heavy atom. The topological polar surface area (TPSA) is 66.4 Å². The number of aliphatic carboxylic acids is 1. The van der Waals surface area contributed by atoms with E-state index in [1.54, 1.807) is 12.1 Å². The van der Waals surface area contributed by atoms with Gasteiger partial charge in [-0.3, -0.25) is 4.79 Å². The van der Waals surface area contributed by atoms with Gasteiger partial charge < -0.3 is 10.4 Å². The minimum atomic E-state index is -1.07. The van der Waals surface area contributed by atoms with Crippen molar-refractivity contribution in [2.75, 3.05) is 0 Å². The number of fused-ring (bicyclic) bond motifs is 1. The molecule has 1 atom stereocenters. The van der Waals surface area contributed by atoms with Crippen LogP contribution >= 0.6 is 0 Å². The molecule has 92 valence electrons. The van der Waals surface area contributed by atoms with E-state index >= 15 is 0 Å². The predicted molar refractivity (Wildman–Crippen MR) is 68.1 cm³/mol. The summed E-state index contributed by atoms with van der Waals surface area (Å²) >= 11 is 0. The van der Waals surface area contributed by atoms with Crippen LogP contribution in [0.2, 0.25) is 0 Å². The molecule has 2 aromatic rings. The molecule has 1 unspecified atom stereocenters. The first-order valence-electron chi connectivity index (χ1n) is 5.56. The maximum atomic E-state index is 11.2. The van der Waals surface area contributed by atoms with Crippen LogP contribution in [0.1, 0.15) is 18.5 Å². The Hall–Kier alpha value is -2.36. The van der Waals surface area contributed by atoms with E-state index in [1.807, 2.05) is 30.3 Å². The molecule has 0 aromatic heterocycles. The molecule has 4 nitrogen and oxygen atoms in total. The van der Waals surface area contributed by atoms with Crippen LogP contribution in [0.4, 0.5) is 0 Å². The Bertz CT molecular complexity index is 607. The Labute approximate surface area is 104 Å². The van der Waals surface area contributed by atoms with Gasteiger partial charge in [-0.05, 0) is 22.4 Å². The molecule has 0 radical (unpaired) electrons. The third kappa shape index (κ3) is 2.48. The molecule has 0 saturated carbocycles. The van der Waals surface area contributed by atoms with E-state index in [2.05, 4.69) is 5.32 Å². The van der Waals surface area contributed by atoms with E-state index < -0.39 is 12.0 Å². The highest BCUT2D eigenvalue weighted by atomic mass is 16.4. The quantitative estimate of drug-likeness (QED) is 0.867. The third-order valence-electron chi connectivity index (χ3n) is 2.70. The van der Waals surface area contributed by atoms with Gasteiger partial charge in [0.05, 0.1) is 0 Å². The fraction of sp³-hybridized carbons (Fsp3) is 0.143. The molecule has 0 aliphatic rings. The molecule has 2 rings (SSSR count). The summed E-state index contributed by atoms with van der Waals surface area (Å²) in [7, 11) is 0. The number of amides is 1. The summed E-state index contributed by atoms with van der Waals surface area (Å²) in [5, 5.41) is 13.5. The average Bonchev–Trinajstić information content (AvgIpc) is 2.35. The molecule has 1 amide bonds. The lowest BCUT2D eigenvalue weighted by atomic mass is 10.0. The summed E-state index contributed by atoms with van der Waals surface area (Å²) < 4.78 is 0. The van der Waals surface area contributed by atoms with E-state index in [9.17, 15) is 9.59 Å². The van der Waals surface area contributed by atoms with Gasteiger partial charge in [0.2, 0.25) is 5.91 Å². The molecule has 0 aliphatic heterocycles. The lowest BCUT2D eigenvalue weighted by molar-refractivity contribution is -0.141. The normalized spacial score (nSPS) is 12.1. The van der Waals surface area contributed by atoms with Crippen molar-refractivity contribution in [3.63, 3.8) is 0 Å². The Kier molecular flexibility index (Phi) is 3.28. The monoisotopic (exact) mass is 243 g/mol. The van der Waals surface area contributed by atoms with Crippen LogP contribution in [0.25, 0.3) is 10.8 Å². The first kappa shape index (κ1) is 12.1. The minimum Gasteiger partial charge on any atom is -0.479 e. The fourth-order valence-electron chi connectivity index (χ4n) is 1.88. The lowest BCUT2D eigenvalue weighted by Gasteiger charge is -2.14. The first-order chi connectivity index (χ1) is 8.58. The molecule has 18 heavy (non-hydrogen) atoms. The Morgan fingerprint density at radius 1 is 1.11 bits per heavy atom. The van der Waals surface area contributed by atoms with Crippen molar-refractivity contribution in [1.29, 1.82) is 0 Å². The fourth-order valence-corrected chi connectivity index (χ4v) is 1.88. The molecule has 0 heterocycles. The average molecular weight is 243 g/mol. The van der Waals surface area contributed by atoms with Gasteiger partial charge >= 0.3 is 5.97 Å². The smallest absolute Gasteiger partial charge is 0.330 e. The van der Waals surface area contributed by atoms with Gasteiger partial charge in [-0.2, -0.15) is 0 Å². The summed E-state index contributed by atoms with van der Waals surface area (Å²) in [5.74, 6) is -1.43. The number of carbonyl (C=O) groups excluding carboxylic acids is 1. The number of hydrogen-bond donors (Lipinski definition) is 2. The van der Waals surface area contributed by atoms with Crippen molar-refractivity contribution in [2.24, 2.45) is 0 Å². The van der Waals surface area contributed by atoms with E-state index in [0.29, 0.717) is 5.56 Å². The number of benzene rings is 2. The van der Waals surface area contributed by atoms with Crippen LogP contribution in [0.5, 0.6) is 0 Å². The van der Waals surface area contributed by atoms with Gasteiger partial charge in [0.25, 0.3) is 0 Å². The Morgan fingerprint density at radius 3 is 2.39 bits per heavy atom. The number of carbonyl (C=O) groups is 2. The van der Waals surface area contributed by atoms with E-state index in [1.165, 1.54) is 6.92 Å². The lowest BCUT2D eigenvalue weighted by Crippen LogP contribution is -2.31. The minimum absolute atomic E-state index is 0.365. The van der Waals surface area contributed by atoms with Crippen molar-refractivity contribution < 1.29 is 14.7 Å². The van der Waals surface area contributed by atoms with Gasteiger partial charge in [-0.1, -0.05) is 36.4 Å². The number of nitrogens with one attached hydrogen (secondary N) is 1. The van der Waals surface area contributed by atoms with E-state index in [4.69, 9.17) is 5.11 Å². The highest BCUT2D eigenvalue weighted by molar-refractivity contribution is 5.87. The molecule has 0 fully saturated rings. The maximum Gasteiger partial charge on any atom is 0.330 e. The molecule has 0 spiro atoms. The summed E-state index contributed by atoms with van der Waals surface area (Å²) in [6, 6.07) is 12.0. The van der Waals surface area contributed by atoms with Crippen LogP contribution in [-0.4, -0.2) is 17.0 Å². The number of carboxylic acids is 1. The maximum absolute atomic E-state index is 11.2. The molecular weight excluding hydrogens is 230 g/mol. The SMILES string of the molecule is CC(=O)NC(C(=O)O)c1ccc2ccccc2c1. The summed E-state index contributed by atoms with van der Waals surface area (Å²) in [4.78, 5) is 22.2. The molecule has 0 aliphatic carbocycles. The molecular formula is C14H13NO3. The third-order valence-corrected chi connectivity index (χ3v) is 2.70. The van der Waals surface area contributed by atoms with E-state index in [-0.39, 0.29) is 5.91 Å². The zero-order valence-corrected chi connectivity index (χ0v) is 9.88. The van der Waals surface area contributed by atoms with Crippen LogP contribution in [0.15, 0.2) is 42.5 Å². The van der Waals surface area contributed by atoms with Crippen molar-refractivity contribution in [3.05, 3.63) is 48.0 Å². The second kappa shape index (κ2) is 4.87. The summed E-state index contributed by atoms with van der Waals surface area (Å²) in [6.45, 7) is 1.30. The predicted octanol–water partition coefficient (Wildman–Crippen LogP) is 2.10. The number of rotatable bonds is 3. The standard InChI is InChI=1S/C14H13NO3/c1-9(16)15-13(14(17)18)12-7-6-10-4-2-3-5-11(10)8-12/h2-8,13H,1H3,(H,15,16)(H,17,18). The zero-order valence-electron chi connectivity index (χ0n) is 9.88. The van der Waals surface area contributed by atoms with Crippen molar-refractivity contribution in [2.45, 2.75) is 13.0 Å². The van der Waals surface area contributed by atoms with Gasteiger partial charge in [0.15, 0.2) is 6.04 Å². The second-order valence-electron chi connectivity index (χ2n) is 4.08. The molecule has 4 heteroatoms. The highest BCUT2D eigenvalue weighted by Crippen LogP contribution is 2.20. The Balaban J connectivity index is 2.44. The van der Waals surface area contributed by atoms with Crippen LogP contribution in [0.3, 0.4) is 0 Å². The van der Waals surface area contributed by atoms with Gasteiger partial charge in [0.1, 0.15) is 0 Å². The molecule has 2 aromatic carbocycles. The summed E-state index contributed by atoms with van der Waals surface area (Å²) in [6.07, 6.45) is 0. The van der Waals surface area contributed by atoms with Crippen LogP contribution in [-0.2, 0) is 9.59 Å².